The Balaban J connectivity index is 2.34. The van der Waals surface area contributed by atoms with E-state index in [1.807, 2.05) is 0 Å². The van der Waals surface area contributed by atoms with Gasteiger partial charge in [-0.05, 0) is 45.2 Å². The van der Waals surface area contributed by atoms with Crippen molar-refractivity contribution < 1.29 is 4.79 Å². The summed E-state index contributed by atoms with van der Waals surface area (Å²) >= 11 is 0. The minimum absolute atomic E-state index is 0.349. The van der Waals surface area contributed by atoms with E-state index in [0.29, 0.717) is 12.5 Å². The van der Waals surface area contributed by atoms with Crippen molar-refractivity contribution in [2.24, 2.45) is 0 Å². The van der Waals surface area contributed by atoms with Gasteiger partial charge in [-0.2, -0.15) is 0 Å². The molecule has 1 aliphatic rings. The number of piperidine rings is 1. The van der Waals surface area contributed by atoms with Crippen molar-refractivity contribution in [1.29, 1.82) is 0 Å². The van der Waals surface area contributed by atoms with Crippen molar-refractivity contribution in [2.75, 3.05) is 32.7 Å². The van der Waals surface area contributed by atoms with E-state index in [1.165, 1.54) is 44.9 Å². The van der Waals surface area contributed by atoms with Gasteiger partial charge < -0.3 is 4.90 Å². The summed E-state index contributed by atoms with van der Waals surface area (Å²) in [5.41, 5.74) is 0. The molecule has 3 heteroatoms. The standard InChI is InChI=1S/C15H30N2O/c1-3-5-10-16(11-6-4-2)14-15(18)17-12-8-7-9-13-17/h3-14H2,1-2H3. The van der Waals surface area contributed by atoms with E-state index in [4.69, 9.17) is 0 Å². The van der Waals surface area contributed by atoms with Gasteiger partial charge in [-0.25, -0.2) is 0 Å². The van der Waals surface area contributed by atoms with Crippen molar-refractivity contribution in [3.8, 4) is 0 Å². The molecule has 1 rings (SSSR count). The Hall–Kier alpha value is -0.570. The zero-order chi connectivity index (χ0) is 13.2. The number of unbranched alkanes of at least 4 members (excludes halogenated alkanes) is 2. The second-order valence-corrected chi connectivity index (χ2v) is 5.42. The zero-order valence-electron chi connectivity index (χ0n) is 12.3. The zero-order valence-corrected chi connectivity index (χ0v) is 12.3. The maximum Gasteiger partial charge on any atom is 0.236 e. The lowest BCUT2D eigenvalue weighted by Crippen LogP contribution is -2.43. The van der Waals surface area contributed by atoms with Crippen LogP contribution >= 0.6 is 0 Å². The van der Waals surface area contributed by atoms with Crippen LogP contribution in [0.5, 0.6) is 0 Å². The lowest BCUT2D eigenvalue weighted by Gasteiger charge is -2.30. The van der Waals surface area contributed by atoms with Crippen LogP contribution in [0, 0.1) is 0 Å². The Morgan fingerprint density at radius 1 is 1.00 bits per heavy atom. The number of hydrogen-bond acceptors (Lipinski definition) is 2. The molecule has 0 radical (unpaired) electrons. The molecule has 1 fully saturated rings. The highest BCUT2D eigenvalue weighted by atomic mass is 16.2. The summed E-state index contributed by atoms with van der Waals surface area (Å²) in [6, 6.07) is 0. The molecule has 3 nitrogen and oxygen atoms in total. The summed E-state index contributed by atoms with van der Waals surface area (Å²) in [6.45, 7) is 9.18. The molecule has 0 aromatic rings. The van der Waals surface area contributed by atoms with Crippen molar-refractivity contribution >= 4 is 5.91 Å². The molecule has 0 N–H and O–H groups in total. The van der Waals surface area contributed by atoms with Gasteiger partial charge in [0, 0.05) is 13.1 Å². The van der Waals surface area contributed by atoms with Gasteiger partial charge in [0.2, 0.25) is 5.91 Å². The lowest BCUT2D eigenvalue weighted by molar-refractivity contribution is -0.133. The minimum Gasteiger partial charge on any atom is -0.342 e. The number of nitrogens with zero attached hydrogens (tertiary/aromatic N) is 2. The molecule has 0 spiro atoms. The summed E-state index contributed by atoms with van der Waals surface area (Å²) in [7, 11) is 0. The van der Waals surface area contributed by atoms with E-state index >= 15 is 0 Å². The molecule has 0 aromatic carbocycles. The molecule has 0 unspecified atom stereocenters. The van der Waals surface area contributed by atoms with Crippen LogP contribution in [0.25, 0.3) is 0 Å². The fourth-order valence-electron chi connectivity index (χ4n) is 2.47. The van der Waals surface area contributed by atoms with E-state index < -0.39 is 0 Å². The first kappa shape index (κ1) is 15.5. The average molecular weight is 254 g/mol. The van der Waals surface area contributed by atoms with Crippen LogP contribution in [0.15, 0.2) is 0 Å². The highest BCUT2D eigenvalue weighted by Crippen LogP contribution is 2.09. The molecule has 106 valence electrons. The van der Waals surface area contributed by atoms with Crippen LogP contribution < -0.4 is 0 Å². The van der Waals surface area contributed by atoms with Gasteiger partial charge in [-0.3, -0.25) is 9.69 Å². The molecule has 0 aromatic heterocycles. The Labute approximate surface area is 113 Å². The van der Waals surface area contributed by atoms with Gasteiger partial charge in [0.15, 0.2) is 0 Å². The predicted octanol–water partition coefficient (Wildman–Crippen LogP) is 2.90. The third-order valence-corrected chi connectivity index (χ3v) is 3.72. The summed E-state index contributed by atoms with van der Waals surface area (Å²) in [5, 5.41) is 0. The van der Waals surface area contributed by atoms with Crippen LogP contribution in [0.2, 0.25) is 0 Å². The van der Waals surface area contributed by atoms with E-state index in [2.05, 4.69) is 23.6 Å². The first-order chi connectivity index (χ1) is 8.77. The topological polar surface area (TPSA) is 23.6 Å². The normalized spacial score (nSPS) is 16.3. The second-order valence-electron chi connectivity index (χ2n) is 5.42. The average Bonchev–Trinajstić information content (AvgIpc) is 2.42. The van der Waals surface area contributed by atoms with Crippen LogP contribution in [0.4, 0.5) is 0 Å². The molecule has 1 saturated heterocycles. The maximum absolute atomic E-state index is 12.2. The Morgan fingerprint density at radius 2 is 1.56 bits per heavy atom. The van der Waals surface area contributed by atoms with Crippen LogP contribution in [-0.2, 0) is 4.79 Å². The van der Waals surface area contributed by atoms with E-state index in [-0.39, 0.29) is 0 Å². The number of rotatable bonds is 8. The summed E-state index contributed by atoms with van der Waals surface area (Å²) in [4.78, 5) is 16.6. The quantitative estimate of drug-likeness (QED) is 0.665. The Kier molecular flexibility index (Phi) is 8.06. The smallest absolute Gasteiger partial charge is 0.236 e. The summed E-state index contributed by atoms with van der Waals surface area (Å²) < 4.78 is 0. The Morgan fingerprint density at radius 3 is 2.06 bits per heavy atom. The van der Waals surface area contributed by atoms with Crippen LogP contribution in [0.3, 0.4) is 0 Å². The highest BCUT2D eigenvalue weighted by molar-refractivity contribution is 5.78. The first-order valence-electron chi connectivity index (χ1n) is 7.78. The van der Waals surface area contributed by atoms with E-state index in [0.717, 1.165) is 26.2 Å². The molecule has 0 aliphatic carbocycles. The van der Waals surface area contributed by atoms with E-state index in [9.17, 15) is 4.79 Å². The molecule has 1 aliphatic heterocycles. The van der Waals surface area contributed by atoms with Crippen LogP contribution in [-0.4, -0.2) is 48.4 Å². The Bertz CT molecular complexity index is 217. The molecular formula is C15H30N2O. The SMILES string of the molecule is CCCCN(CCCC)CC(=O)N1CCCCC1. The van der Waals surface area contributed by atoms with Crippen molar-refractivity contribution in [2.45, 2.75) is 58.8 Å². The van der Waals surface area contributed by atoms with Crippen molar-refractivity contribution in [3.63, 3.8) is 0 Å². The highest BCUT2D eigenvalue weighted by Gasteiger charge is 2.18. The molecule has 1 heterocycles. The third kappa shape index (κ3) is 5.85. The maximum atomic E-state index is 12.2. The summed E-state index contributed by atoms with van der Waals surface area (Å²) in [5.74, 6) is 0.349. The van der Waals surface area contributed by atoms with E-state index in [1.54, 1.807) is 0 Å². The molecule has 0 saturated carbocycles. The van der Waals surface area contributed by atoms with Gasteiger partial charge in [0.25, 0.3) is 0 Å². The number of amides is 1. The number of hydrogen-bond donors (Lipinski definition) is 0. The molecular weight excluding hydrogens is 224 g/mol. The van der Waals surface area contributed by atoms with Gasteiger partial charge in [0.1, 0.15) is 0 Å². The lowest BCUT2D eigenvalue weighted by atomic mass is 10.1. The predicted molar refractivity (Wildman–Crippen MR) is 76.7 cm³/mol. The van der Waals surface area contributed by atoms with Gasteiger partial charge in [-0.1, -0.05) is 26.7 Å². The monoisotopic (exact) mass is 254 g/mol. The molecule has 0 atom stereocenters. The van der Waals surface area contributed by atoms with Crippen molar-refractivity contribution in [1.82, 2.24) is 9.80 Å². The molecule has 18 heavy (non-hydrogen) atoms. The minimum atomic E-state index is 0.349. The number of carbonyl (C=O) groups excluding carboxylic acids is 1. The van der Waals surface area contributed by atoms with Crippen molar-refractivity contribution in [3.05, 3.63) is 0 Å². The first-order valence-corrected chi connectivity index (χ1v) is 7.78. The fourth-order valence-corrected chi connectivity index (χ4v) is 2.47. The summed E-state index contributed by atoms with van der Waals surface area (Å²) in [6.07, 6.45) is 8.50. The second kappa shape index (κ2) is 9.37. The van der Waals surface area contributed by atoms with Gasteiger partial charge in [0.05, 0.1) is 6.54 Å². The largest absolute Gasteiger partial charge is 0.342 e. The molecule has 0 bridgehead atoms. The van der Waals surface area contributed by atoms with Gasteiger partial charge >= 0.3 is 0 Å². The number of likely N-dealkylation sites (tertiary alicyclic amines) is 1. The fraction of sp³-hybridized carbons (Fsp3) is 0.933. The number of carbonyl (C=O) groups is 1. The van der Waals surface area contributed by atoms with Gasteiger partial charge in [-0.15, -0.1) is 0 Å². The third-order valence-electron chi connectivity index (χ3n) is 3.72. The molecule has 1 amide bonds. The van der Waals surface area contributed by atoms with Crippen LogP contribution in [0.1, 0.15) is 58.8 Å².